The van der Waals surface area contributed by atoms with Crippen LogP contribution in [0.15, 0.2) is 0 Å². The molecule has 1 heterocycles. The summed E-state index contributed by atoms with van der Waals surface area (Å²) in [6.07, 6.45) is 2.25. The average molecular weight is 220 g/mol. The molecule has 0 aromatic rings. The lowest BCUT2D eigenvalue weighted by molar-refractivity contribution is -0.130. The van der Waals surface area contributed by atoms with Crippen LogP contribution in [0.3, 0.4) is 0 Å². The van der Waals surface area contributed by atoms with Crippen LogP contribution < -0.4 is 0 Å². The van der Waals surface area contributed by atoms with Crippen LogP contribution in [0.2, 0.25) is 0 Å². The van der Waals surface area contributed by atoms with E-state index in [2.05, 4.69) is 0 Å². The predicted molar refractivity (Wildman–Crippen MR) is 56.4 cm³/mol. The van der Waals surface area contributed by atoms with Gasteiger partial charge in [0.15, 0.2) is 0 Å². The van der Waals surface area contributed by atoms with Gasteiger partial charge in [-0.25, -0.2) is 0 Å². The number of aliphatic hydroxyl groups is 1. The molecule has 1 saturated heterocycles. The van der Waals surface area contributed by atoms with Gasteiger partial charge in [-0.3, -0.25) is 4.79 Å². The van der Waals surface area contributed by atoms with Gasteiger partial charge in [0.2, 0.25) is 5.91 Å². The molecule has 0 saturated carbocycles. The number of amides is 1. The van der Waals surface area contributed by atoms with E-state index >= 15 is 0 Å². The molecule has 1 aliphatic rings. The third-order valence-corrected chi connectivity index (χ3v) is 2.90. The number of hydrogen-bond acceptors (Lipinski definition) is 2. The molecule has 82 valence electrons. The van der Waals surface area contributed by atoms with Crippen molar-refractivity contribution in [2.24, 2.45) is 0 Å². The first-order valence-electron chi connectivity index (χ1n) is 5.08. The van der Waals surface area contributed by atoms with Crippen molar-refractivity contribution in [3.8, 4) is 0 Å². The maximum atomic E-state index is 11.6. The fourth-order valence-electron chi connectivity index (χ4n) is 1.74. The van der Waals surface area contributed by atoms with Gasteiger partial charge in [-0.1, -0.05) is 0 Å². The second-order valence-corrected chi connectivity index (χ2v) is 4.95. The Balaban J connectivity index is 2.54. The van der Waals surface area contributed by atoms with Crippen LogP contribution >= 0.6 is 11.6 Å². The van der Waals surface area contributed by atoms with Crippen molar-refractivity contribution in [2.45, 2.75) is 44.1 Å². The molecule has 4 heteroatoms. The average Bonchev–Trinajstić information content (AvgIpc) is 2.25. The van der Waals surface area contributed by atoms with E-state index in [0.29, 0.717) is 19.5 Å². The van der Waals surface area contributed by atoms with E-state index in [0.717, 1.165) is 12.8 Å². The minimum absolute atomic E-state index is 0.0237. The summed E-state index contributed by atoms with van der Waals surface area (Å²) in [5.74, 6) is -0.0237. The molecule has 0 bridgehead atoms. The molecule has 1 rings (SSSR count). The SMILES string of the molecule is CC(Cl)C(=O)N1CCCC(C)(O)CC1. The topological polar surface area (TPSA) is 40.5 Å². The second kappa shape index (κ2) is 4.49. The van der Waals surface area contributed by atoms with E-state index in [1.165, 1.54) is 0 Å². The van der Waals surface area contributed by atoms with Crippen molar-refractivity contribution in [3.05, 3.63) is 0 Å². The van der Waals surface area contributed by atoms with Gasteiger partial charge in [0.1, 0.15) is 5.38 Å². The summed E-state index contributed by atoms with van der Waals surface area (Å²) in [6, 6.07) is 0. The predicted octanol–water partition coefficient (Wildman–Crippen LogP) is 1.38. The maximum Gasteiger partial charge on any atom is 0.240 e. The lowest BCUT2D eigenvalue weighted by atomic mass is 9.98. The van der Waals surface area contributed by atoms with Crippen molar-refractivity contribution in [1.29, 1.82) is 0 Å². The van der Waals surface area contributed by atoms with Crippen molar-refractivity contribution >= 4 is 17.5 Å². The Morgan fingerprint density at radius 2 is 2.14 bits per heavy atom. The summed E-state index contributed by atoms with van der Waals surface area (Å²) in [5, 5.41) is 9.36. The number of alkyl halides is 1. The summed E-state index contributed by atoms with van der Waals surface area (Å²) in [4.78, 5) is 13.3. The molecular formula is C10H18ClNO2. The van der Waals surface area contributed by atoms with Crippen molar-refractivity contribution in [3.63, 3.8) is 0 Å². The largest absolute Gasteiger partial charge is 0.390 e. The molecule has 1 fully saturated rings. The van der Waals surface area contributed by atoms with Crippen LogP contribution in [-0.2, 0) is 4.79 Å². The summed E-state index contributed by atoms with van der Waals surface area (Å²) >= 11 is 5.73. The number of nitrogens with zero attached hydrogens (tertiary/aromatic N) is 1. The van der Waals surface area contributed by atoms with E-state index < -0.39 is 11.0 Å². The summed E-state index contributed by atoms with van der Waals surface area (Å²) < 4.78 is 0. The van der Waals surface area contributed by atoms with Crippen LogP contribution in [-0.4, -0.2) is 40.0 Å². The van der Waals surface area contributed by atoms with Crippen molar-refractivity contribution in [2.75, 3.05) is 13.1 Å². The molecule has 0 spiro atoms. The van der Waals surface area contributed by atoms with Crippen LogP contribution in [0.25, 0.3) is 0 Å². The molecule has 1 N–H and O–H groups in total. The minimum atomic E-state index is -0.620. The van der Waals surface area contributed by atoms with Gasteiger partial charge >= 0.3 is 0 Å². The van der Waals surface area contributed by atoms with Crippen molar-refractivity contribution in [1.82, 2.24) is 4.90 Å². The highest BCUT2D eigenvalue weighted by Crippen LogP contribution is 2.22. The van der Waals surface area contributed by atoms with Gasteiger partial charge in [-0.2, -0.15) is 0 Å². The molecule has 1 aliphatic heterocycles. The number of halogens is 1. The van der Waals surface area contributed by atoms with E-state index in [9.17, 15) is 9.90 Å². The molecular weight excluding hydrogens is 202 g/mol. The fourth-order valence-corrected chi connectivity index (χ4v) is 1.87. The monoisotopic (exact) mass is 219 g/mol. The highest BCUT2D eigenvalue weighted by Gasteiger charge is 2.28. The van der Waals surface area contributed by atoms with Gasteiger partial charge in [0, 0.05) is 13.1 Å². The number of likely N-dealkylation sites (tertiary alicyclic amines) is 1. The van der Waals surface area contributed by atoms with Crippen LogP contribution in [0.5, 0.6) is 0 Å². The third-order valence-electron chi connectivity index (χ3n) is 2.72. The molecule has 2 unspecified atom stereocenters. The van der Waals surface area contributed by atoms with Gasteiger partial charge in [-0.15, -0.1) is 11.6 Å². The first kappa shape index (κ1) is 11.8. The zero-order chi connectivity index (χ0) is 10.8. The van der Waals surface area contributed by atoms with Crippen LogP contribution in [0.4, 0.5) is 0 Å². The van der Waals surface area contributed by atoms with E-state index in [4.69, 9.17) is 11.6 Å². The lowest BCUT2D eigenvalue weighted by Crippen LogP contribution is -2.37. The summed E-state index contributed by atoms with van der Waals surface area (Å²) in [7, 11) is 0. The number of carbonyl (C=O) groups excluding carboxylic acids is 1. The van der Waals surface area contributed by atoms with Gasteiger partial charge in [0.05, 0.1) is 5.60 Å². The summed E-state index contributed by atoms with van der Waals surface area (Å²) in [5.41, 5.74) is -0.620. The minimum Gasteiger partial charge on any atom is -0.390 e. The lowest BCUT2D eigenvalue weighted by Gasteiger charge is -2.23. The molecule has 0 aliphatic carbocycles. The van der Waals surface area contributed by atoms with Crippen molar-refractivity contribution < 1.29 is 9.90 Å². The molecule has 3 nitrogen and oxygen atoms in total. The Bertz CT molecular complexity index is 216. The van der Waals surface area contributed by atoms with Crippen LogP contribution in [0.1, 0.15) is 33.1 Å². The summed E-state index contributed by atoms with van der Waals surface area (Å²) in [6.45, 7) is 4.84. The number of hydrogen-bond donors (Lipinski definition) is 1. The molecule has 0 aromatic carbocycles. The zero-order valence-corrected chi connectivity index (χ0v) is 9.55. The molecule has 0 aromatic heterocycles. The Morgan fingerprint density at radius 1 is 1.50 bits per heavy atom. The first-order valence-corrected chi connectivity index (χ1v) is 5.51. The van der Waals surface area contributed by atoms with E-state index in [1.807, 2.05) is 6.92 Å². The standard InChI is InChI=1S/C10H18ClNO2/c1-8(11)9(13)12-6-3-4-10(2,14)5-7-12/h8,14H,3-7H2,1-2H3. The Morgan fingerprint density at radius 3 is 2.71 bits per heavy atom. The molecule has 0 radical (unpaired) electrons. The van der Waals surface area contributed by atoms with Gasteiger partial charge < -0.3 is 10.0 Å². The Hall–Kier alpha value is -0.280. The smallest absolute Gasteiger partial charge is 0.240 e. The highest BCUT2D eigenvalue weighted by molar-refractivity contribution is 6.30. The third kappa shape index (κ3) is 3.14. The number of rotatable bonds is 1. The zero-order valence-electron chi connectivity index (χ0n) is 8.79. The number of carbonyl (C=O) groups is 1. The Labute approximate surface area is 90.0 Å². The maximum absolute atomic E-state index is 11.6. The van der Waals surface area contributed by atoms with Gasteiger partial charge in [-0.05, 0) is 33.1 Å². The molecule has 1 amide bonds. The van der Waals surface area contributed by atoms with Gasteiger partial charge in [0.25, 0.3) is 0 Å². The first-order chi connectivity index (χ1) is 6.42. The van der Waals surface area contributed by atoms with E-state index in [-0.39, 0.29) is 5.91 Å². The fraction of sp³-hybridized carbons (Fsp3) is 0.900. The molecule has 14 heavy (non-hydrogen) atoms. The highest BCUT2D eigenvalue weighted by atomic mass is 35.5. The second-order valence-electron chi connectivity index (χ2n) is 4.29. The Kier molecular flexibility index (Phi) is 3.78. The normalized spacial score (nSPS) is 31.0. The van der Waals surface area contributed by atoms with Crippen LogP contribution in [0, 0.1) is 0 Å². The quantitative estimate of drug-likeness (QED) is 0.677. The molecule has 2 atom stereocenters. The van der Waals surface area contributed by atoms with E-state index in [1.54, 1.807) is 11.8 Å².